The second-order valence-corrected chi connectivity index (χ2v) is 3.08. The zero-order valence-electron chi connectivity index (χ0n) is 10.8. The van der Waals surface area contributed by atoms with Crippen LogP contribution in [0.4, 0.5) is 0 Å². The molecule has 114 valence electrons. The smallest absolute Gasteiger partial charge is 0.327 e. The highest BCUT2D eigenvalue weighted by atomic mass is 16.4. The summed E-state index contributed by atoms with van der Waals surface area (Å²) < 4.78 is 0. The molecule has 0 aromatic rings. The molecule has 0 saturated heterocycles. The molecule has 4 N–H and O–H groups in total. The summed E-state index contributed by atoms with van der Waals surface area (Å²) >= 11 is 0. The van der Waals surface area contributed by atoms with Gasteiger partial charge < -0.3 is 20.4 Å². The number of rotatable bonds is 7. The molecule has 0 unspecified atom stereocenters. The Kier molecular flexibility index (Phi) is 18.4. The molecule has 0 aromatic carbocycles. The second kappa shape index (κ2) is 16.4. The van der Waals surface area contributed by atoms with Crippen LogP contribution in [-0.4, -0.2) is 44.3 Å². The van der Waals surface area contributed by atoms with Gasteiger partial charge in [-0.25, -0.2) is 9.59 Å². The zero-order chi connectivity index (χ0) is 16.6. The van der Waals surface area contributed by atoms with E-state index in [4.69, 9.17) is 20.4 Å². The number of carbonyl (C=O) groups is 4. The first-order valence-corrected chi connectivity index (χ1v) is 5.31. The number of hydrogen-bond donors (Lipinski definition) is 4. The molecule has 0 aliphatic heterocycles. The molecule has 0 aliphatic carbocycles. The largest absolute Gasteiger partial charge is 0.481 e. The van der Waals surface area contributed by atoms with E-state index in [1.807, 2.05) is 0 Å². The maximum atomic E-state index is 9.90. The molecule has 0 rings (SSSR count). The molecular formula is C12H18O8. The third-order valence-corrected chi connectivity index (χ3v) is 1.38. The summed E-state index contributed by atoms with van der Waals surface area (Å²) in [5.74, 6) is -3.70. The normalized spacial score (nSPS) is 7.80. The summed E-state index contributed by atoms with van der Waals surface area (Å²) in [6, 6.07) is 0. The van der Waals surface area contributed by atoms with Gasteiger partial charge in [-0.3, -0.25) is 9.59 Å². The summed E-state index contributed by atoms with van der Waals surface area (Å²) in [5.41, 5.74) is 0. The quantitative estimate of drug-likeness (QED) is 0.404. The lowest BCUT2D eigenvalue weighted by atomic mass is 10.2. The van der Waals surface area contributed by atoms with Gasteiger partial charge in [0.2, 0.25) is 0 Å². The van der Waals surface area contributed by atoms with Crippen molar-refractivity contribution < 1.29 is 39.6 Å². The van der Waals surface area contributed by atoms with Gasteiger partial charge in [0.15, 0.2) is 0 Å². The standard InChI is InChI=1S/C6H10O4.2C3H4O2/c7-5(8)3-1-2-4-6(9)10;2*1-2-3(4)5/h1-4H2,(H,7,8)(H,9,10);2*2H,1H2,(H,4,5). The van der Waals surface area contributed by atoms with Crippen molar-refractivity contribution in [2.24, 2.45) is 0 Å². The van der Waals surface area contributed by atoms with Crippen molar-refractivity contribution in [1.82, 2.24) is 0 Å². The monoisotopic (exact) mass is 290 g/mol. The Labute approximate surface area is 115 Å². The number of aliphatic carboxylic acids is 4. The van der Waals surface area contributed by atoms with Gasteiger partial charge in [-0.15, -0.1) is 0 Å². The van der Waals surface area contributed by atoms with E-state index in [-0.39, 0.29) is 12.8 Å². The maximum absolute atomic E-state index is 9.90. The Hall–Kier alpha value is -2.64. The third kappa shape index (κ3) is 45.3. The predicted molar refractivity (Wildman–Crippen MR) is 69.4 cm³/mol. The van der Waals surface area contributed by atoms with Gasteiger partial charge in [0.1, 0.15) is 0 Å². The highest BCUT2D eigenvalue weighted by molar-refractivity contribution is 5.79. The molecule has 0 bridgehead atoms. The molecule has 0 radical (unpaired) electrons. The lowest BCUT2D eigenvalue weighted by Gasteiger charge is -1.92. The Morgan fingerprint density at radius 1 is 0.700 bits per heavy atom. The molecule has 0 heterocycles. The molecule has 0 aliphatic rings. The van der Waals surface area contributed by atoms with Crippen LogP contribution in [0.5, 0.6) is 0 Å². The topological polar surface area (TPSA) is 149 Å². The van der Waals surface area contributed by atoms with E-state index < -0.39 is 23.9 Å². The van der Waals surface area contributed by atoms with E-state index in [9.17, 15) is 19.2 Å². The van der Waals surface area contributed by atoms with Crippen LogP contribution in [-0.2, 0) is 19.2 Å². The number of unbranched alkanes of at least 4 members (excludes halogenated alkanes) is 1. The minimum atomic E-state index is -0.981. The number of carboxylic acids is 4. The Morgan fingerprint density at radius 2 is 0.900 bits per heavy atom. The molecule has 8 nitrogen and oxygen atoms in total. The van der Waals surface area contributed by atoms with Crippen LogP contribution in [0, 0.1) is 0 Å². The van der Waals surface area contributed by atoms with E-state index >= 15 is 0 Å². The van der Waals surface area contributed by atoms with Crippen LogP contribution < -0.4 is 0 Å². The molecule has 8 heteroatoms. The average Bonchev–Trinajstić information content (AvgIpc) is 2.35. The number of hydrogen-bond acceptors (Lipinski definition) is 4. The van der Waals surface area contributed by atoms with Crippen molar-refractivity contribution in [1.29, 1.82) is 0 Å². The fraction of sp³-hybridized carbons (Fsp3) is 0.333. The summed E-state index contributed by atoms with van der Waals surface area (Å²) in [6.45, 7) is 5.92. The van der Waals surface area contributed by atoms with Gasteiger partial charge in [-0.1, -0.05) is 13.2 Å². The predicted octanol–water partition coefficient (Wildman–Crippen LogP) is 1.23. The highest BCUT2D eigenvalue weighted by Crippen LogP contribution is 1.98. The van der Waals surface area contributed by atoms with Crippen LogP contribution in [0.3, 0.4) is 0 Å². The van der Waals surface area contributed by atoms with E-state index in [2.05, 4.69) is 13.2 Å². The van der Waals surface area contributed by atoms with Gasteiger partial charge in [0.05, 0.1) is 0 Å². The first-order chi connectivity index (χ1) is 9.17. The highest BCUT2D eigenvalue weighted by Gasteiger charge is 1.99. The van der Waals surface area contributed by atoms with E-state index in [0.29, 0.717) is 12.8 Å². The fourth-order valence-corrected chi connectivity index (χ4v) is 0.552. The van der Waals surface area contributed by atoms with E-state index in [0.717, 1.165) is 12.2 Å². The molecule has 0 aromatic heterocycles. The Balaban J connectivity index is -0.000000244. The van der Waals surface area contributed by atoms with Gasteiger partial charge in [0.25, 0.3) is 0 Å². The molecule has 0 fully saturated rings. The summed E-state index contributed by atoms with van der Waals surface area (Å²) in [5, 5.41) is 31.5. The van der Waals surface area contributed by atoms with Crippen LogP contribution in [0.15, 0.2) is 25.3 Å². The van der Waals surface area contributed by atoms with Crippen molar-refractivity contribution >= 4 is 23.9 Å². The first-order valence-electron chi connectivity index (χ1n) is 5.31. The first kappa shape index (κ1) is 22.5. The third-order valence-electron chi connectivity index (χ3n) is 1.38. The van der Waals surface area contributed by atoms with Gasteiger partial charge in [0, 0.05) is 25.0 Å². The minimum absolute atomic E-state index is 0.0628. The Bertz CT molecular complexity index is 311. The molecular weight excluding hydrogens is 272 g/mol. The van der Waals surface area contributed by atoms with Crippen molar-refractivity contribution in [3.63, 3.8) is 0 Å². The van der Waals surface area contributed by atoms with Crippen molar-refractivity contribution in [3.05, 3.63) is 25.3 Å². The summed E-state index contributed by atoms with van der Waals surface area (Å²) in [6.07, 6.45) is 2.68. The average molecular weight is 290 g/mol. The molecule has 20 heavy (non-hydrogen) atoms. The van der Waals surface area contributed by atoms with E-state index in [1.54, 1.807) is 0 Å². The van der Waals surface area contributed by atoms with Crippen LogP contribution in [0.2, 0.25) is 0 Å². The minimum Gasteiger partial charge on any atom is -0.481 e. The SMILES string of the molecule is C=CC(=O)O.C=CC(=O)O.O=C(O)CCCCC(=O)O. The van der Waals surface area contributed by atoms with Gasteiger partial charge >= 0.3 is 23.9 Å². The van der Waals surface area contributed by atoms with Gasteiger partial charge in [-0.2, -0.15) is 0 Å². The van der Waals surface area contributed by atoms with Crippen molar-refractivity contribution in [2.45, 2.75) is 25.7 Å². The molecule has 0 saturated carbocycles. The maximum Gasteiger partial charge on any atom is 0.327 e. The lowest BCUT2D eigenvalue weighted by molar-refractivity contribution is -0.139. The summed E-state index contributed by atoms with van der Waals surface area (Å²) in [7, 11) is 0. The zero-order valence-corrected chi connectivity index (χ0v) is 10.8. The summed E-state index contributed by atoms with van der Waals surface area (Å²) in [4.78, 5) is 38.3. The van der Waals surface area contributed by atoms with Crippen LogP contribution in [0.1, 0.15) is 25.7 Å². The van der Waals surface area contributed by atoms with Crippen molar-refractivity contribution in [2.75, 3.05) is 0 Å². The molecule has 0 atom stereocenters. The Morgan fingerprint density at radius 3 is 1.00 bits per heavy atom. The number of carboxylic acid groups (broad SMARTS) is 4. The van der Waals surface area contributed by atoms with E-state index in [1.165, 1.54) is 0 Å². The fourth-order valence-electron chi connectivity index (χ4n) is 0.552. The van der Waals surface area contributed by atoms with Crippen molar-refractivity contribution in [3.8, 4) is 0 Å². The van der Waals surface area contributed by atoms with Crippen LogP contribution >= 0.6 is 0 Å². The molecule has 0 amide bonds. The lowest BCUT2D eigenvalue weighted by Crippen LogP contribution is -1.97. The van der Waals surface area contributed by atoms with Crippen LogP contribution in [0.25, 0.3) is 0 Å². The van der Waals surface area contributed by atoms with Gasteiger partial charge in [-0.05, 0) is 12.8 Å². The molecule has 0 spiro atoms. The second-order valence-electron chi connectivity index (χ2n) is 3.08.